The zero-order valence-corrected chi connectivity index (χ0v) is 13.6. The minimum Gasteiger partial charge on any atom is -0.320 e. The van der Waals surface area contributed by atoms with E-state index in [1.807, 2.05) is 14.0 Å². The lowest BCUT2D eigenvalue weighted by Crippen LogP contribution is -2.36. The topological polar surface area (TPSA) is 15.3 Å². The van der Waals surface area contributed by atoms with Crippen molar-refractivity contribution in [2.45, 2.75) is 32.2 Å². The van der Waals surface area contributed by atoms with Crippen LogP contribution in [0.25, 0.3) is 0 Å². The molecule has 0 spiro atoms. The van der Waals surface area contributed by atoms with Crippen LogP contribution in [-0.2, 0) is 0 Å². The normalized spacial score (nSPS) is 18.3. The third-order valence-corrected chi connectivity index (χ3v) is 4.41. The van der Waals surface area contributed by atoms with Crippen LogP contribution < -0.4 is 5.32 Å². The fourth-order valence-electron chi connectivity index (χ4n) is 3.01. The molecule has 21 heavy (non-hydrogen) atoms. The molecule has 0 amide bonds. The van der Waals surface area contributed by atoms with Gasteiger partial charge in [0.1, 0.15) is 11.6 Å². The predicted octanol–water partition coefficient (Wildman–Crippen LogP) is 3.77. The molecule has 1 heterocycles. The van der Waals surface area contributed by atoms with Crippen LogP contribution in [0.1, 0.15) is 37.8 Å². The van der Waals surface area contributed by atoms with Crippen molar-refractivity contribution in [1.29, 1.82) is 0 Å². The quantitative estimate of drug-likeness (QED) is 0.889. The first-order chi connectivity index (χ1) is 9.61. The Morgan fingerprint density at radius 1 is 1.29 bits per heavy atom. The van der Waals surface area contributed by atoms with Crippen LogP contribution in [0, 0.1) is 17.6 Å². The molecule has 2 nitrogen and oxygen atoms in total. The summed E-state index contributed by atoms with van der Waals surface area (Å²) in [6.07, 6.45) is 3.49. The zero-order valence-electron chi connectivity index (χ0n) is 12.7. The minimum atomic E-state index is -0.364. The number of piperidine rings is 1. The Balaban J connectivity index is 0.00000220. The number of hydrogen-bond donors (Lipinski definition) is 1. The van der Waals surface area contributed by atoms with Crippen molar-refractivity contribution >= 4 is 12.4 Å². The fraction of sp³-hybridized carbons (Fsp3) is 0.625. The molecule has 1 aliphatic rings. The van der Waals surface area contributed by atoms with Crippen molar-refractivity contribution in [2.75, 3.05) is 26.7 Å². The van der Waals surface area contributed by atoms with Gasteiger partial charge in [0.25, 0.3) is 0 Å². The van der Waals surface area contributed by atoms with Crippen molar-refractivity contribution in [3.63, 3.8) is 0 Å². The summed E-state index contributed by atoms with van der Waals surface area (Å²) in [5.41, 5.74) is 0.471. The second-order valence-electron chi connectivity index (χ2n) is 5.71. The first-order valence-electron chi connectivity index (χ1n) is 7.45. The SMILES string of the molecule is CNCCC1CCN(C(C)c2cc(F)ccc2F)CC1.Cl. The van der Waals surface area contributed by atoms with Crippen LogP contribution in [0.2, 0.25) is 0 Å². The van der Waals surface area contributed by atoms with Gasteiger partial charge in [0, 0.05) is 11.6 Å². The zero-order chi connectivity index (χ0) is 14.5. The molecule has 1 fully saturated rings. The summed E-state index contributed by atoms with van der Waals surface area (Å²) in [7, 11) is 1.98. The van der Waals surface area contributed by atoms with E-state index in [1.165, 1.54) is 24.6 Å². The number of nitrogens with one attached hydrogen (secondary N) is 1. The Labute approximate surface area is 132 Å². The highest BCUT2D eigenvalue weighted by Gasteiger charge is 2.24. The van der Waals surface area contributed by atoms with Gasteiger partial charge in [0.15, 0.2) is 0 Å². The summed E-state index contributed by atoms with van der Waals surface area (Å²) in [5.74, 6) is 0.0802. The van der Waals surface area contributed by atoms with E-state index in [-0.39, 0.29) is 30.1 Å². The van der Waals surface area contributed by atoms with Crippen molar-refractivity contribution in [3.8, 4) is 0 Å². The minimum absolute atomic E-state index is 0. The highest BCUT2D eigenvalue weighted by atomic mass is 35.5. The van der Waals surface area contributed by atoms with Crippen LogP contribution in [0.15, 0.2) is 18.2 Å². The van der Waals surface area contributed by atoms with Gasteiger partial charge in [-0.25, -0.2) is 8.78 Å². The van der Waals surface area contributed by atoms with Gasteiger partial charge >= 0.3 is 0 Å². The van der Waals surface area contributed by atoms with Crippen LogP contribution in [0.4, 0.5) is 8.78 Å². The highest BCUT2D eigenvalue weighted by molar-refractivity contribution is 5.85. The van der Waals surface area contributed by atoms with E-state index in [0.717, 1.165) is 38.4 Å². The van der Waals surface area contributed by atoms with Gasteiger partial charge in [-0.3, -0.25) is 4.90 Å². The average molecular weight is 319 g/mol. The summed E-state index contributed by atoms with van der Waals surface area (Å²) in [5, 5.41) is 3.18. The van der Waals surface area contributed by atoms with Crippen LogP contribution in [0.5, 0.6) is 0 Å². The van der Waals surface area contributed by atoms with E-state index in [2.05, 4.69) is 10.2 Å². The average Bonchev–Trinajstić information content (AvgIpc) is 2.47. The van der Waals surface area contributed by atoms with Crippen LogP contribution >= 0.6 is 12.4 Å². The number of benzene rings is 1. The van der Waals surface area contributed by atoms with Crippen molar-refractivity contribution < 1.29 is 8.78 Å². The molecule has 1 atom stereocenters. The van der Waals surface area contributed by atoms with Crippen molar-refractivity contribution in [1.82, 2.24) is 10.2 Å². The highest BCUT2D eigenvalue weighted by Crippen LogP contribution is 2.29. The number of halogens is 3. The first kappa shape index (κ1) is 18.3. The smallest absolute Gasteiger partial charge is 0.128 e. The number of hydrogen-bond acceptors (Lipinski definition) is 2. The lowest BCUT2D eigenvalue weighted by molar-refractivity contribution is 0.135. The molecule has 1 unspecified atom stereocenters. The third-order valence-electron chi connectivity index (χ3n) is 4.41. The number of nitrogens with zero attached hydrogens (tertiary/aromatic N) is 1. The van der Waals surface area contributed by atoms with E-state index >= 15 is 0 Å². The number of rotatable bonds is 5. The lowest BCUT2D eigenvalue weighted by Gasteiger charge is -2.36. The van der Waals surface area contributed by atoms with Crippen LogP contribution in [-0.4, -0.2) is 31.6 Å². The summed E-state index contributed by atoms with van der Waals surface area (Å²) in [6.45, 7) is 4.95. The summed E-state index contributed by atoms with van der Waals surface area (Å²) in [6, 6.07) is 3.67. The van der Waals surface area contributed by atoms with Gasteiger partial charge in [-0.05, 0) is 77.0 Å². The molecule has 1 aromatic rings. The molecule has 5 heteroatoms. The predicted molar refractivity (Wildman–Crippen MR) is 84.9 cm³/mol. The molecular formula is C16H25ClF2N2. The maximum absolute atomic E-state index is 13.8. The van der Waals surface area contributed by atoms with Gasteiger partial charge in [-0.2, -0.15) is 0 Å². The second-order valence-corrected chi connectivity index (χ2v) is 5.71. The standard InChI is InChI=1S/C16H24F2N2.ClH/c1-12(15-11-14(17)3-4-16(15)18)20-9-6-13(7-10-20)5-8-19-2;/h3-4,11-13,19H,5-10H2,1-2H3;1H. The molecule has 1 aromatic carbocycles. The molecule has 0 bridgehead atoms. The Morgan fingerprint density at radius 3 is 2.57 bits per heavy atom. The monoisotopic (exact) mass is 318 g/mol. The van der Waals surface area contributed by atoms with E-state index < -0.39 is 0 Å². The number of likely N-dealkylation sites (tertiary alicyclic amines) is 1. The first-order valence-corrected chi connectivity index (χ1v) is 7.45. The van der Waals surface area contributed by atoms with Crippen molar-refractivity contribution in [3.05, 3.63) is 35.4 Å². The molecular weight excluding hydrogens is 294 g/mol. The molecule has 1 aliphatic heterocycles. The Bertz CT molecular complexity index is 434. The lowest BCUT2D eigenvalue weighted by atomic mass is 9.92. The van der Waals surface area contributed by atoms with Crippen molar-refractivity contribution in [2.24, 2.45) is 5.92 Å². The van der Waals surface area contributed by atoms with Crippen LogP contribution in [0.3, 0.4) is 0 Å². The molecule has 0 radical (unpaired) electrons. The molecule has 2 rings (SSSR count). The fourth-order valence-corrected chi connectivity index (χ4v) is 3.01. The maximum atomic E-state index is 13.8. The molecule has 1 N–H and O–H groups in total. The summed E-state index contributed by atoms with van der Waals surface area (Å²) >= 11 is 0. The third kappa shape index (κ3) is 4.90. The van der Waals surface area contributed by atoms with Gasteiger partial charge in [-0.1, -0.05) is 0 Å². The van der Waals surface area contributed by atoms with Gasteiger partial charge in [-0.15, -0.1) is 12.4 Å². The van der Waals surface area contributed by atoms with E-state index in [4.69, 9.17) is 0 Å². The Morgan fingerprint density at radius 2 is 1.95 bits per heavy atom. The van der Waals surface area contributed by atoms with Gasteiger partial charge in [0.05, 0.1) is 0 Å². The maximum Gasteiger partial charge on any atom is 0.128 e. The molecule has 0 aliphatic carbocycles. The van der Waals surface area contributed by atoms with E-state index in [0.29, 0.717) is 5.56 Å². The molecule has 1 saturated heterocycles. The largest absolute Gasteiger partial charge is 0.320 e. The molecule has 120 valence electrons. The molecule has 0 saturated carbocycles. The summed E-state index contributed by atoms with van der Waals surface area (Å²) in [4.78, 5) is 2.26. The Hall–Kier alpha value is -0.710. The second kappa shape index (κ2) is 8.66. The molecule has 0 aromatic heterocycles. The van der Waals surface area contributed by atoms with E-state index in [9.17, 15) is 8.78 Å². The Kier molecular flexibility index (Phi) is 7.57. The van der Waals surface area contributed by atoms with E-state index in [1.54, 1.807) is 0 Å². The summed E-state index contributed by atoms with van der Waals surface area (Å²) < 4.78 is 27.1. The van der Waals surface area contributed by atoms with Gasteiger partial charge < -0.3 is 5.32 Å². The van der Waals surface area contributed by atoms with Gasteiger partial charge in [0.2, 0.25) is 0 Å².